The molecule has 14 heavy (non-hydrogen) atoms. The van der Waals surface area contributed by atoms with Gasteiger partial charge in [-0.25, -0.2) is 0 Å². The molecule has 0 saturated carbocycles. The molecule has 1 fully saturated rings. The average molecular weight is 199 g/mol. The maximum Gasteiger partial charge on any atom is 0.0569 e. The van der Waals surface area contributed by atoms with Crippen molar-refractivity contribution in [2.24, 2.45) is 0 Å². The van der Waals surface area contributed by atoms with Gasteiger partial charge in [-0.1, -0.05) is 20.3 Å². The Labute approximate surface area is 88.4 Å². The van der Waals surface area contributed by atoms with Crippen LogP contribution in [0.25, 0.3) is 0 Å². The lowest BCUT2D eigenvalue weighted by atomic mass is 10.0. The molecule has 1 aliphatic heterocycles. The fraction of sp³-hybridized carbons (Fsp3) is 1.00. The number of hydrogen-bond acceptors (Lipinski definition) is 2. The van der Waals surface area contributed by atoms with Crippen LogP contribution in [0.5, 0.6) is 0 Å². The Morgan fingerprint density at radius 2 is 2.07 bits per heavy atom. The third-order valence-electron chi connectivity index (χ3n) is 3.14. The predicted molar refractivity (Wildman–Crippen MR) is 60.6 cm³/mol. The summed E-state index contributed by atoms with van der Waals surface area (Å²) in [6.45, 7) is 6.54. The molecule has 0 aliphatic carbocycles. The third kappa shape index (κ3) is 4.43. The van der Waals surface area contributed by atoms with Gasteiger partial charge in [-0.05, 0) is 38.6 Å². The first-order valence-corrected chi connectivity index (χ1v) is 6.21. The molecule has 1 aliphatic rings. The van der Waals surface area contributed by atoms with Gasteiger partial charge in [0.1, 0.15) is 0 Å². The summed E-state index contributed by atoms with van der Waals surface area (Å²) in [5, 5.41) is 3.55. The van der Waals surface area contributed by atoms with Crippen molar-refractivity contribution in [1.82, 2.24) is 5.32 Å². The maximum atomic E-state index is 5.80. The van der Waals surface area contributed by atoms with Crippen LogP contribution in [-0.4, -0.2) is 25.3 Å². The van der Waals surface area contributed by atoms with E-state index in [9.17, 15) is 0 Å². The smallest absolute Gasteiger partial charge is 0.0569 e. The first-order valence-electron chi connectivity index (χ1n) is 6.21. The number of hydrogen-bond donors (Lipinski definition) is 1. The summed E-state index contributed by atoms with van der Waals surface area (Å²) in [7, 11) is 0. The van der Waals surface area contributed by atoms with Crippen LogP contribution in [0.3, 0.4) is 0 Å². The third-order valence-corrected chi connectivity index (χ3v) is 3.14. The van der Waals surface area contributed by atoms with E-state index in [4.69, 9.17) is 4.74 Å². The van der Waals surface area contributed by atoms with Crippen molar-refractivity contribution in [3.8, 4) is 0 Å². The molecule has 0 aromatic rings. The van der Waals surface area contributed by atoms with Gasteiger partial charge >= 0.3 is 0 Å². The van der Waals surface area contributed by atoms with Gasteiger partial charge in [0.15, 0.2) is 0 Å². The van der Waals surface area contributed by atoms with E-state index in [0.717, 1.165) is 25.5 Å². The molecule has 1 heterocycles. The van der Waals surface area contributed by atoms with Gasteiger partial charge in [-0.15, -0.1) is 0 Å². The van der Waals surface area contributed by atoms with Crippen LogP contribution < -0.4 is 5.32 Å². The van der Waals surface area contributed by atoms with Crippen LogP contribution in [0.4, 0.5) is 0 Å². The van der Waals surface area contributed by atoms with E-state index >= 15 is 0 Å². The van der Waals surface area contributed by atoms with Gasteiger partial charge < -0.3 is 10.1 Å². The van der Waals surface area contributed by atoms with Gasteiger partial charge in [-0.2, -0.15) is 0 Å². The summed E-state index contributed by atoms with van der Waals surface area (Å²) in [5.74, 6) is 0. The Kier molecular flexibility index (Phi) is 6.20. The molecular weight excluding hydrogens is 174 g/mol. The monoisotopic (exact) mass is 199 g/mol. The molecule has 0 amide bonds. The minimum atomic E-state index is 0.485. The van der Waals surface area contributed by atoms with Crippen molar-refractivity contribution in [2.75, 3.05) is 13.2 Å². The molecular formula is C12H25NO. The van der Waals surface area contributed by atoms with Crippen LogP contribution >= 0.6 is 0 Å². The van der Waals surface area contributed by atoms with Gasteiger partial charge in [-0.3, -0.25) is 0 Å². The zero-order valence-corrected chi connectivity index (χ0v) is 9.72. The van der Waals surface area contributed by atoms with Crippen molar-refractivity contribution >= 4 is 0 Å². The summed E-state index contributed by atoms with van der Waals surface area (Å²) in [6.07, 6.45) is 8.05. The van der Waals surface area contributed by atoms with Crippen LogP contribution in [0.1, 0.15) is 52.4 Å². The number of piperidine rings is 1. The molecule has 1 rings (SSSR count). The minimum Gasteiger partial charge on any atom is -0.378 e. The van der Waals surface area contributed by atoms with Crippen molar-refractivity contribution in [3.05, 3.63) is 0 Å². The highest BCUT2D eigenvalue weighted by Crippen LogP contribution is 2.11. The lowest BCUT2D eigenvalue weighted by Gasteiger charge is -2.24. The standard InChI is InChI=1S/C12H25NO/c1-3-12(4-2)14-10-8-11-7-5-6-9-13-11/h11-13H,3-10H2,1-2H3. The fourth-order valence-corrected chi connectivity index (χ4v) is 2.07. The van der Waals surface area contributed by atoms with E-state index < -0.39 is 0 Å². The molecule has 84 valence electrons. The Bertz CT molecular complexity index is 128. The minimum absolute atomic E-state index is 0.485. The topological polar surface area (TPSA) is 21.3 Å². The van der Waals surface area contributed by atoms with Crippen molar-refractivity contribution in [2.45, 2.75) is 64.5 Å². The molecule has 0 spiro atoms. The van der Waals surface area contributed by atoms with E-state index in [-0.39, 0.29) is 0 Å². The summed E-state index contributed by atoms with van der Waals surface area (Å²) < 4.78 is 5.80. The zero-order chi connectivity index (χ0) is 10.2. The summed E-state index contributed by atoms with van der Waals surface area (Å²) in [6, 6.07) is 0.720. The van der Waals surface area contributed by atoms with Crippen LogP contribution in [0.2, 0.25) is 0 Å². The Hall–Kier alpha value is -0.0800. The first kappa shape index (κ1) is 12.0. The van der Waals surface area contributed by atoms with E-state index in [1.807, 2.05) is 0 Å². The first-order chi connectivity index (χ1) is 6.86. The van der Waals surface area contributed by atoms with E-state index in [2.05, 4.69) is 19.2 Å². The summed E-state index contributed by atoms with van der Waals surface area (Å²) in [5.41, 5.74) is 0. The predicted octanol–water partition coefficient (Wildman–Crippen LogP) is 2.72. The number of ether oxygens (including phenoxy) is 1. The average Bonchev–Trinajstić information content (AvgIpc) is 2.26. The Balaban J connectivity index is 2.01. The fourth-order valence-electron chi connectivity index (χ4n) is 2.07. The van der Waals surface area contributed by atoms with E-state index in [0.29, 0.717) is 6.10 Å². The molecule has 1 atom stereocenters. The van der Waals surface area contributed by atoms with E-state index in [1.165, 1.54) is 32.2 Å². The van der Waals surface area contributed by atoms with Crippen molar-refractivity contribution < 1.29 is 4.74 Å². The highest BCUT2D eigenvalue weighted by molar-refractivity contribution is 4.71. The van der Waals surface area contributed by atoms with Gasteiger partial charge in [0.25, 0.3) is 0 Å². The molecule has 1 saturated heterocycles. The molecule has 0 aromatic carbocycles. The van der Waals surface area contributed by atoms with Crippen LogP contribution in [0, 0.1) is 0 Å². The molecule has 2 nitrogen and oxygen atoms in total. The van der Waals surface area contributed by atoms with Crippen molar-refractivity contribution in [3.63, 3.8) is 0 Å². The Morgan fingerprint density at radius 1 is 1.29 bits per heavy atom. The maximum absolute atomic E-state index is 5.80. The SMILES string of the molecule is CCC(CC)OCCC1CCCCN1. The molecule has 0 bridgehead atoms. The lowest BCUT2D eigenvalue weighted by molar-refractivity contribution is 0.0411. The molecule has 2 heteroatoms. The van der Waals surface area contributed by atoms with Crippen molar-refractivity contribution in [1.29, 1.82) is 0 Å². The molecule has 0 radical (unpaired) electrons. The number of nitrogens with one attached hydrogen (secondary N) is 1. The zero-order valence-electron chi connectivity index (χ0n) is 9.72. The molecule has 0 aromatic heterocycles. The second kappa shape index (κ2) is 7.24. The number of rotatable bonds is 6. The second-order valence-corrected chi connectivity index (χ2v) is 4.24. The summed E-state index contributed by atoms with van der Waals surface area (Å²) >= 11 is 0. The highest BCUT2D eigenvalue weighted by atomic mass is 16.5. The highest BCUT2D eigenvalue weighted by Gasteiger charge is 2.12. The van der Waals surface area contributed by atoms with Crippen LogP contribution in [-0.2, 0) is 4.74 Å². The largest absolute Gasteiger partial charge is 0.378 e. The lowest BCUT2D eigenvalue weighted by Crippen LogP contribution is -2.35. The normalized spacial score (nSPS) is 22.9. The summed E-state index contributed by atoms with van der Waals surface area (Å²) in [4.78, 5) is 0. The Morgan fingerprint density at radius 3 is 2.64 bits per heavy atom. The van der Waals surface area contributed by atoms with Crippen LogP contribution in [0.15, 0.2) is 0 Å². The quantitative estimate of drug-likeness (QED) is 0.710. The van der Waals surface area contributed by atoms with Gasteiger partial charge in [0, 0.05) is 12.6 Å². The van der Waals surface area contributed by atoms with E-state index in [1.54, 1.807) is 0 Å². The second-order valence-electron chi connectivity index (χ2n) is 4.24. The van der Waals surface area contributed by atoms with Gasteiger partial charge in [0.2, 0.25) is 0 Å². The van der Waals surface area contributed by atoms with Gasteiger partial charge in [0.05, 0.1) is 6.10 Å². The molecule has 1 unspecified atom stereocenters. The molecule has 1 N–H and O–H groups in total.